The molecular weight excluding hydrogens is 264 g/mol. The van der Waals surface area contributed by atoms with Gasteiger partial charge in [-0.15, -0.1) is 0 Å². The largest absolute Gasteiger partial charge is 0.508 e. The highest BCUT2D eigenvalue weighted by molar-refractivity contribution is 5.59. The summed E-state index contributed by atoms with van der Waals surface area (Å²) in [6.45, 7) is 4.20. The molecule has 0 spiro atoms. The molecule has 1 fully saturated rings. The summed E-state index contributed by atoms with van der Waals surface area (Å²) in [7, 11) is 0. The third-order valence-electron chi connectivity index (χ3n) is 4.61. The molecule has 1 aliphatic carbocycles. The number of benzene rings is 1. The molecule has 3 rings (SSSR count). The smallest absolute Gasteiger partial charge is 0.258 e. The minimum Gasteiger partial charge on any atom is -0.508 e. The monoisotopic (exact) mass is 286 g/mol. The fraction of sp³-hybridized carbons (Fsp3) is 0.529. The Morgan fingerprint density at radius 3 is 2.95 bits per heavy atom. The summed E-state index contributed by atoms with van der Waals surface area (Å²) in [6.07, 6.45) is 6.15. The van der Waals surface area contributed by atoms with Crippen LogP contribution in [0, 0.1) is 12.8 Å². The van der Waals surface area contributed by atoms with Crippen LogP contribution in [0.15, 0.2) is 22.7 Å². The van der Waals surface area contributed by atoms with Gasteiger partial charge >= 0.3 is 0 Å². The van der Waals surface area contributed by atoms with Gasteiger partial charge in [0.15, 0.2) is 5.82 Å². The number of aryl methyl sites for hydroxylation is 1. The Hall–Kier alpha value is -1.84. The van der Waals surface area contributed by atoms with Crippen LogP contribution in [0.3, 0.4) is 0 Å². The van der Waals surface area contributed by atoms with Gasteiger partial charge in [-0.2, -0.15) is 4.98 Å². The van der Waals surface area contributed by atoms with Crippen molar-refractivity contribution in [3.05, 3.63) is 29.6 Å². The van der Waals surface area contributed by atoms with Crippen LogP contribution in [0.1, 0.15) is 56.3 Å². The van der Waals surface area contributed by atoms with Gasteiger partial charge in [0.2, 0.25) is 0 Å². The molecule has 1 N–H and O–H groups in total. The van der Waals surface area contributed by atoms with Crippen molar-refractivity contribution in [3.8, 4) is 17.2 Å². The second-order valence-corrected chi connectivity index (χ2v) is 6.09. The second kappa shape index (κ2) is 5.88. The molecule has 0 amide bonds. The van der Waals surface area contributed by atoms with E-state index >= 15 is 0 Å². The van der Waals surface area contributed by atoms with Crippen molar-refractivity contribution in [2.45, 2.75) is 51.9 Å². The minimum absolute atomic E-state index is 0.258. The normalized spacial score (nSPS) is 22.4. The molecule has 2 aromatic rings. The van der Waals surface area contributed by atoms with Crippen molar-refractivity contribution >= 4 is 0 Å². The number of hydrogen-bond acceptors (Lipinski definition) is 4. The van der Waals surface area contributed by atoms with Gasteiger partial charge in [0.1, 0.15) is 5.75 Å². The quantitative estimate of drug-likeness (QED) is 0.906. The fourth-order valence-corrected chi connectivity index (χ4v) is 3.29. The van der Waals surface area contributed by atoms with E-state index in [0.717, 1.165) is 29.3 Å². The van der Waals surface area contributed by atoms with Crippen molar-refractivity contribution in [2.75, 3.05) is 0 Å². The van der Waals surface area contributed by atoms with Gasteiger partial charge in [0.25, 0.3) is 5.89 Å². The molecule has 0 saturated heterocycles. The Morgan fingerprint density at radius 2 is 2.19 bits per heavy atom. The van der Waals surface area contributed by atoms with Crippen LogP contribution < -0.4 is 0 Å². The van der Waals surface area contributed by atoms with E-state index < -0.39 is 0 Å². The average molecular weight is 286 g/mol. The van der Waals surface area contributed by atoms with Crippen molar-refractivity contribution in [3.63, 3.8) is 0 Å². The summed E-state index contributed by atoms with van der Waals surface area (Å²) in [5.41, 5.74) is 1.84. The molecule has 4 nitrogen and oxygen atoms in total. The van der Waals surface area contributed by atoms with E-state index in [-0.39, 0.29) is 5.75 Å². The summed E-state index contributed by atoms with van der Waals surface area (Å²) in [5.74, 6) is 2.88. The Balaban J connectivity index is 1.83. The summed E-state index contributed by atoms with van der Waals surface area (Å²) >= 11 is 0. The van der Waals surface area contributed by atoms with Gasteiger partial charge in [0, 0.05) is 11.5 Å². The number of aromatic hydroxyl groups is 1. The maximum Gasteiger partial charge on any atom is 0.258 e. The summed E-state index contributed by atoms with van der Waals surface area (Å²) < 4.78 is 5.45. The predicted octanol–water partition coefficient (Wildman–Crippen LogP) is 4.43. The van der Waals surface area contributed by atoms with Gasteiger partial charge < -0.3 is 9.63 Å². The first kappa shape index (κ1) is 14.1. The molecule has 1 aromatic heterocycles. The van der Waals surface area contributed by atoms with Crippen LogP contribution in [0.5, 0.6) is 5.75 Å². The van der Waals surface area contributed by atoms with Gasteiger partial charge in [-0.05, 0) is 49.4 Å². The minimum atomic E-state index is 0.258. The fourth-order valence-electron chi connectivity index (χ4n) is 3.29. The van der Waals surface area contributed by atoms with E-state index in [9.17, 15) is 5.11 Å². The SMILES string of the molecule is CCC1CCCC(c2noc(-c3ccc(O)cc3C)n2)C1. The topological polar surface area (TPSA) is 59.2 Å². The lowest BCUT2D eigenvalue weighted by Gasteiger charge is -2.26. The maximum absolute atomic E-state index is 9.48. The summed E-state index contributed by atoms with van der Waals surface area (Å²) in [4.78, 5) is 4.60. The highest BCUT2D eigenvalue weighted by Gasteiger charge is 2.26. The van der Waals surface area contributed by atoms with Crippen molar-refractivity contribution in [2.24, 2.45) is 5.92 Å². The van der Waals surface area contributed by atoms with E-state index in [1.807, 2.05) is 13.0 Å². The number of phenolic OH excluding ortho intramolecular Hbond substituents is 1. The number of aromatic nitrogens is 2. The van der Waals surface area contributed by atoms with E-state index in [0.29, 0.717) is 11.8 Å². The number of rotatable bonds is 3. The molecule has 0 radical (unpaired) electrons. The lowest BCUT2D eigenvalue weighted by atomic mass is 9.80. The van der Waals surface area contributed by atoms with E-state index in [4.69, 9.17) is 4.52 Å². The number of nitrogens with zero attached hydrogens (tertiary/aromatic N) is 2. The molecule has 0 bridgehead atoms. The van der Waals surface area contributed by atoms with Gasteiger partial charge in [-0.1, -0.05) is 31.3 Å². The second-order valence-electron chi connectivity index (χ2n) is 6.09. The maximum atomic E-state index is 9.48. The molecular formula is C17H22N2O2. The van der Waals surface area contributed by atoms with Crippen LogP contribution in [-0.4, -0.2) is 15.2 Å². The van der Waals surface area contributed by atoms with Crippen LogP contribution in [0.25, 0.3) is 11.5 Å². The van der Waals surface area contributed by atoms with Gasteiger partial charge in [0.05, 0.1) is 0 Å². The molecule has 1 saturated carbocycles. The number of hydrogen-bond donors (Lipinski definition) is 1. The average Bonchev–Trinajstić information content (AvgIpc) is 2.97. The first-order valence-electron chi connectivity index (χ1n) is 7.81. The standard InChI is InChI=1S/C17H22N2O2/c1-3-12-5-4-6-13(10-12)16-18-17(21-19-16)15-8-7-14(20)9-11(15)2/h7-9,12-13,20H,3-6,10H2,1-2H3. The Morgan fingerprint density at radius 1 is 1.33 bits per heavy atom. The highest BCUT2D eigenvalue weighted by atomic mass is 16.5. The Kier molecular flexibility index (Phi) is 3.95. The van der Waals surface area contributed by atoms with Gasteiger partial charge in [-0.25, -0.2) is 0 Å². The van der Waals surface area contributed by atoms with Crippen LogP contribution >= 0.6 is 0 Å². The first-order valence-corrected chi connectivity index (χ1v) is 7.81. The molecule has 21 heavy (non-hydrogen) atoms. The van der Waals surface area contributed by atoms with Crippen LogP contribution in [-0.2, 0) is 0 Å². The Bertz CT molecular complexity index is 621. The molecule has 112 valence electrons. The van der Waals surface area contributed by atoms with Crippen molar-refractivity contribution in [1.29, 1.82) is 0 Å². The molecule has 4 heteroatoms. The lowest BCUT2D eigenvalue weighted by Crippen LogP contribution is -2.14. The summed E-state index contributed by atoms with van der Waals surface area (Å²) in [6, 6.07) is 5.20. The molecule has 1 heterocycles. The molecule has 2 atom stereocenters. The van der Waals surface area contributed by atoms with Crippen molar-refractivity contribution in [1.82, 2.24) is 10.1 Å². The Labute approximate surface area is 125 Å². The van der Waals surface area contributed by atoms with Gasteiger partial charge in [-0.3, -0.25) is 0 Å². The number of phenols is 1. The molecule has 1 aliphatic rings. The van der Waals surface area contributed by atoms with E-state index in [2.05, 4.69) is 17.1 Å². The summed E-state index contributed by atoms with van der Waals surface area (Å²) in [5, 5.41) is 13.7. The molecule has 0 aliphatic heterocycles. The zero-order chi connectivity index (χ0) is 14.8. The molecule has 2 unspecified atom stereocenters. The predicted molar refractivity (Wildman–Crippen MR) is 81.1 cm³/mol. The third kappa shape index (κ3) is 2.94. The zero-order valence-electron chi connectivity index (χ0n) is 12.7. The van der Waals surface area contributed by atoms with Crippen molar-refractivity contribution < 1.29 is 9.63 Å². The third-order valence-corrected chi connectivity index (χ3v) is 4.61. The van der Waals surface area contributed by atoms with E-state index in [1.54, 1.807) is 12.1 Å². The zero-order valence-corrected chi connectivity index (χ0v) is 12.7. The van der Waals surface area contributed by atoms with Crippen LogP contribution in [0.2, 0.25) is 0 Å². The highest BCUT2D eigenvalue weighted by Crippen LogP contribution is 2.37. The van der Waals surface area contributed by atoms with Crippen LogP contribution in [0.4, 0.5) is 0 Å². The first-order chi connectivity index (χ1) is 10.2. The lowest BCUT2D eigenvalue weighted by molar-refractivity contribution is 0.300. The molecule has 1 aromatic carbocycles. The van der Waals surface area contributed by atoms with E-state index in [1.165, 1.54) is 25.7 Å².